The molecule has 0 heterocycles. The molecule has 0 bridgehead atoms. The third kappa shape index (κ3) is 888. The van der Waals surface area contributed by atoms with E-state index < -0.39 is 0 Å². The van der Waals surface area contributed by atoms with Crippen LogP contribution in [-0.2, 0) is 0 Å². The van der Waals surface area contributed by atoms with Crippen LogP contribution in [-0.4, -0.2) is 0 Å². The van der Waals surface area contributed by atoms with Crippen molar-refractivity contribution in [2.45, 2.75) is 0 Å². The van der Waals surface area contributed by atoms with Crippen molar-refractivity contribution in [3.05, 3.63) is 0 Å². The SMILES string of the molecule is [La].[La].[La].[La].[La].[La].[La].[La].[La].[La].[La].[La].[La].[La].[La].[La].[La].[La].[La].[La].[La].[La].[La].[La].[La].[La].[La].[La].[La].[La].[La].[La].[La].[La].[La].[La].[La].[La].[La].[La].[La].[La].[La].[La].[La].[La].[La].[La].[La].[La].[La].[La].[La].[La].[La].[La].[La].[La].[La].[La].[La].[La].[La].[La].[La].[La].[La].[La].[La].[La].[La].[La].[La].[La].[La].[La].[La].[La].[La].[La].[La].[La].[La].[La].[La].[La].[La].[La].[La].[La].[La].[La].[La].[La].[La].[La].[La].[La].[La].[La].[La].[La].[La].[La].[La].[La].[La].[La].[La].[La].[La].[La].[La].[La].[La].[La].[La].[La].[La].[La].[La].[La].[La]. The predicted molar refractivity (Wildman–Crippen MR) is 0 cm³/mol. The van der Waals surface area contributed by atoms with Crippen molar-refractivity contribution in [1.82, 2.24) is 0 Å². The van der Waals surface area contributed by atoms with E-state index >= 15 is 0 Å². The van der Waals surface area contributed by atoms with Crippen LogP contribution in [0.15, 0.2) is 0 Å². The minimum atomic E-state index is 0. The molecule has 0 amide bonds. The number of rotatable bonds is 0. The first kappa shape index (κ1) is 904. The molecule has 0 rings (SSSR count). The van der Waals surface area contributed by atoms with Gasteiger partial charge in [0.2, 0.25) is 0 Å². The summed E-state index contributed by atoms with van der Waals surface area (Å²) < 4.78 is 0. The monoisotopic (exact) mass is 17100 g/mol. The van der Waals surface area contributed by atoms with Gasteiger partial charge in [-0.1, -0.05) is 0 Å². The Morgan fingerprint density at radius 1 is 0.00813 bits per heavy atom. The molecule has 0 unspecified atom stereocenters. The summed E-state index contributed by atoms with van der Waals surface area (Å²) in [4.78, 5) is 0. The van der Waals surface area contributed by atoms with E-state index in [1.807, 2.05) is 0 Å². The fourth-order valence-electron chi connectivity index (χ4n) is 0. The molecule has 123 heteroatoms. The second-order valence-corrected chi connectivity index (χ2v) is 0. The van der Waals surface area contributed by atoms with Crippen LogP contribution in [0.25, 0.3) is 0 Å². The molecule has 0 saturated carbocycles. The van der Waals surface area contributed by atoms with Gasteiger partial charge in [0, 0.05) is 4380 Å². The Morgan fingerprint density at radius 3 is 0.00813 bits per heavy atom. The molecule has 369 valence electrons. The molecule has 123 heavy (non-hydrogen) atoms. The first-order valence-corrected chi connectivity index (χ1v) is 0. The van der Waals surface area contributed by atoms with Gasteiger partial charge in [-0.25, -0.2) is 0 Å². The van der Waals surface area contributed by atoms with Gasteiger partial charge in [-0.05, 0) is 0 Å². The molecule has 0 aliphatic heterocycles. The van der Waals surface area contributed by atoms with Crippen molar-refractivity contribution in [3.8, 4) is 0 Å². The minimum Gasteiger partial charge on any atom is 0 e. The van der Waals surface area contributed by atoms with Gasteiger partial charge < -0.3 is 0 Å². The van der Waals surface area contributed by atoms with E-state index in [9.17, 15) is 0 Å². The van der Waals surface area contributed by atoms with Gasteiger partial charge in [-0.3, -0.25) is 0 Å². The number of hydrogen-bond donors (Lipinski definition) is 0. The first-order valence-electron chi connectivity index (χ1n) is 0. The molecule has 0 N–H and O–H groups in total. The summed E-state index contributed by atoms with van der Waals surface area (Å²) in [6, 6.07) is 0. The average molecular weight is 17100 g/mol. The summed E-state index contributed by atoms with van der Waals surface area (Å²) in [5, 5.41) is 0. The van der Waals surface area contributed by atoms with Crippen molar-refractivity contribution in [1.29, 1.82) is 0 Å². The zero-order chi connectivity index (χ0) is 0. The van der Waals surface area contributed by atoms with E-state index in [1.165, 1.54) is 0 Å². The Labute approximate surface area is 4200 Å². The van der Waals surface area contributed by atoms with Crippen molar-refractivity contribution in [3.63, 3.8) is 0 Å². The topological polar surface area (TPSA) is 0 Å². The molecule has 0 aromatic heterocycles. The summed E-state index contributed by atoms with van der Waals surface area (Å²) in [7, 11) is 0. The summed E-state index contributed by atoms with van der Waals surface area (Å²) in [6.45, 7) is 0. The van der Waals surface area contributed by atoms with Crippen LogP contribution in [0, 0.1) is 4380 Å². The minimum absolute atomic E-state index is 0. The van der Waals surface area contributed by atoms with E-state index in [0.717, 1.165) is 0 Å². The molecule has 0 aromatic carbocycles. The molecular formula is La123. The maximum atomic E-state index is 0. The standard InChI is InChI=1S/123La. The fraction of sp³-hybridized carbons (Fsp3) is 0. The van der Waals surface area contributed by atoms with Crippen LogP contribution in [0.2, 0.25) is 0 Å². The Hall–Kier alpha value is 147. The maximum Gasteiger partial charge on any atom is 0 e. The smallest absolute Gasteiger partial charge is 0 e. The van der Waals surface area contributed by atoms with Crippen molar-refractivity contribution in [2.24, 2.45) is 0 Å². The third-order valence-corrected chi connectivity index (χ3v) is 0. The Morgan fingerprint density at radius 2 is 0.00813 bits per heavy atom. The second kappa shape index (κ2) is 894. The third-order valence-electron chi connectivity index (χ3n) is 0. The molecule has 0 spiro atoms. The van der Waals surface area contributed by atoms with E-state index in [4.69, 9.17) is 0 Å². The van der Waals surface area contributed by atoms with E-state index in [2.05, 4.69) is 0 Å². The first-order chi connectivity index (χ1) is 0. The summed E-state index contributed by atoms with van der Waals surface area (Å²) in [5.41, 5.74) is 0. The van der Waals surface area contributed by atoms with Gasteiger partial charge in [0.15, 0.2) is 0 Å². The maximum absolute atomic E-state index is 0. The quantitative estimate of drug-likeness (QED) is 0.321. The van der Waals surface area contributed by atoms with Crippen molar-refractivity contribution >= 4 is 0 Å². The van der Waals surface area contributed by atoms with Crippen LogP contribution >= 0.6 is 0 Å². The summed E-state index contributed by atoms with van der Waals surface area (Å²) in [6.07, 6.45) is 0. The summed E-state index contributed by atoms with van der Waals surface area (Å²) in [5.74, 6) is 0. The second-order valence-electron chi connectivity index (χ2n) is 0. The normalized spacial score (nSPS) is 0. The predicted octanol–water partition coefficient (Wildman–Crippen LogP) is 0. The Balaban J connectivity index is 0. The van der Waals surface area contributed by atoms with Gasteiger partial charge in [0.1, 0.15) is 0 Å². The van der Waals surface area contributed by atoms with Gasteiger partial charge in [-0.15, -0.1) is 0 Å². The van der Waals surface area contributed by atoms with Crippen LogP contribution < -0.4 is 0 Å². The Bertz CT molecular complexity index is 0. The van der Waals surface area contributed by atoms with Crippen LogP contribution in [0.1, 0.15) is 0 Å². The summed E-state index contributed by atoms with van der Waals surface area (Å²) >= 11 is 0. The zero-order valence-corrected chi connectivity index (χ0v) is 517. The largest absolute Gasteiger partial charge is 0 e. The van der Waals surface area contributed by atoms with Gasteiger partial charge in [0.25, 0.3) is 0 Å². The molecule has 123 radical (unpaired) electrons. The molecule has 0 atom stereocenters. The Kier molecular flexibility index (Phi) is 6570. The molecule has 0 aliphatic rings. The van der Waals surface area contributed by atoms with E-state index in [1.54, 1.807) is 0 Å². The van der Waals surface area contributed by atoms with Crippen LogP contribution in [0.4, 0.5) is 0 Å². The molecular weight excluding hydrogens is 17100 g/mol. The van der Waals surface area contributed by atoms with Gasteiger partial charge in [0.05, 0.1) is 0 Å². The van der Waals surface area contributed by atoms with Gasteiger partial charge >= 0.3 is 0 Å². The average Bonchev–Trinajstić information content (AvgIpc) is 0. The molecule has 0 aromatic rings. The fourth-order valence-corrected chi connectivity index (χ4v) is 0. The van der Waals surface area contributed by atoms with Crippen LogP contribution in [0.3, 0.4) is 0 Å². The van der Waals surface area contributed by atoms with Crippen LogP contribution in [0.5, 0.6) is 0 Å². The molecule has 0 saturated heterocycles. The van der Waals surface area contributed by atoms with Crippen molar-refractivity contribution in [2.75, 3.05) is 0 Å². The van der Waals surface area contributed by atoms with E-state index in [-0.39, 0.29) is 4380 Å². The van der Waals surface area contributed by atoms with Crippen molar-refractivity contribution < 1.29 is 4380 Å². The molecule has 0 nitrogen and oxygen atoms in total. The number of hydrogen-bond acceptors (Lipinski definition) is 0. The zero-order valence-electron chi connectivity index (χ0n) is 71.0. The molecule has 0 fully saturated rings. The van der Waals surface area contributed by atoms with Gasteiger partial charge in [-0.2, -0.15) is 0 Å². The van der Waals surface area contributed by atoms with E-state index in [0.29, 0.717) is 0 Å². The molecule has 0 aliphatic carbocycles.